The molecule has 0 aliphatic heterocycles. The molecule has 2 rings (SSSR count). The molecule has 1 heterocycles. The van der Waals surface area contributed by atoms with E-state index in [0.717, 1.165) is 45.9 Å². The number of hydrogen-bond acceptors (Lipinski definition) is 3. The number of halogens is 1. The van der Waals surface area contributed by atoms with Crippen LogP contribution in [0.4, 0.5) is 5.82 Å². The first-order valence-electron chi connectivity index (χ1n) is 7.03. The van der Waals surface area contributed by atoms with E-state index in [9.17, 15) is 0 Å². The van der Waals surface area contributed by atoms with Crippen LogP contribution < -0.4 is 5.32 Å². The van der Waals surface area contributed by atoms with Gasteiger partial charge < -0.3 is 5.32 Å². The Morgan fingerprint density at radius 2 is 2.00 bits per heavy atom. The molecule has 0 saturated heterocycles. The molecule has 0 radical (unpaired) electrons. The average molecular weight is 381 g/mol. The number of hydrogen-bond donors (Lipinski definition) is 1. The van der Waals surface area contributed by atoms with Gasteiger partial charge in [-0.15, -0.1) is 0 Å². The SMILES string of the molecule is CCCc1nc(-c2cccc(C)c2)nc(NCC)c1I. The lowest BCUT2D eigenvalue weighted by Gasteiger charge is -2.12. The zero-order valence-corrected chi connectivity index (χ0v) is 14.4. The van der Waals surface area contributed by atoms with Crippen LogP contribution in [0.1, 0.15) is 31.5 Å². The summed E-state index contributed by atoms with van der Waals surface area (Å²) < 4.78 is 1.14. The second-order valence-electron chi connectivity index (χ2n) is 4.81. The number of nitrogens with zero attached hydrogens (tertiary/aromatic N) is 2. The molecule has 20 heavy (non-hydrogen) atoms. The fourth-order valence-electron chi connectivity index (χ4n) is 2.09. The molecular formula is C16H20IN3. The predicted molar refractivity (Wildman–Crippen MR) is 93.1 cm³/mol. The van der Waals surface area contributed by atoms with Crippen molar-refractivity contribution < 1.29 is 0 Å². The monoisotopic (exact) mass is 381 g/mol. The van der Waals surface area contributed by atoms with E-state index < -0.39 is 0 Å². The summed E-state index contributed by atoms with van der Waals surface area (Å²) in [7, 11) is 0. The molecule has 0 aliphatic rings. The van der Waals surface area contributed by atoms with Gasteiger partial charge in [0.25, 0.3) is 0 Å². The molecule has 0 bridgehead atoms. The molecule has 0 spiro atoms. The van der Waals surface area contributed by atoms with Crippen molar-refractivity contribution in [2.24, 2.45) is 0 Å². The fourth-order valence-corrected chi connectivity index (χ4v) is 2.80. The third kappa shape index (κ3) is 3.48. The summed E-state index contributed by atoms with van der Waals surface area (Å²) in [5, 5.41) is 3.34. The average Bonchev–Trinajstić information content (AvgIpc) is 2.43. The molecule has 3 nitrogen and oxygen atoms in total. The zero-order valence-electron chi connectivity index (χ0n) is 12.2. The Morgan fingerprint density at radius 1 is 1.20 bits per heavy atom. The quantitative estimate of drug-likeness (QED) is 0.779. The largest absolute Gasteiger partial charge is 0.369 e. The zero-order chi connectivity index (χ0) is 14.5. The van der Waals surface area contributed by atoms with Crippen LogP contribution in [-0.2, 0) is 6.42 Å². The van der Waals surface area contributed by atoms with Gasteiger partial charge in [0.05, 0.1) is 9.26 Å². The van der Waals surface area contributed by atoms with E-state index in [4.69, 9.17) is 4.98 Å². The van der Waals surface area contributed by atoms with Crippen molar-refractivity contribution in [2.45, 2.75) is 33.6 Å². The molecular weight excluding hydrogens is 361 g/mol. The molecule has 0 aliphatic carbocycles. The molecule has 0 saturated carbocycles. The Hall–Kier alpha value is -1.17. The van der Waals surface area contributed by atoms with Crippen LogP contribution in [-0.4, -0.2) is 16.5 Å². The highest BCUT2D eigenvalue weighted by molar-refractivity contribution is 14.1. The maximum atomic E-state index is 4.76. The Kier molecular flexibility index (Phi) is 5.34. The maximum Gasteiger partial charge on any atom is 0.161 e. The van der Waals surface area contributed by atoms with Crippen LogP contribution >= 0.6 is 22.6 Å². The minimum absolute atomic E-state index is 0.813. The van der Waals surface area contributed by atoms with Crippen molar-refractivity contribution in [3.8, 4) is 11.4 Å². The van der Waals surface area contributed by atoms with Gasteiger partial charge in [-0.1, -0.05) is 37.1 Å². The highest BCUT2D eigenvalue weighted by Gasteiger charge is 2.12. The first-order chi connectivity index (χ1) is 9.65. The molecule has 2 aromatic rings. The second-order valence-corrected chi connectivity index (χ2v) is 5.89. The van der Waals surface area contributed by atoms with Gasteiger partial charge in [0.15, 0.2) is 5.82 Å². The van der Waals surface area contributed by atoms with Crippen molar-refractivity contribution in [1.29, 1.82) is 0 Å². The normalized spacial score (nSPS) is 10.6. The number of nitrogens with one attached hydrogen (secondary N) is 1. The summed E-state index contributed by atoms with van der Waals surface area (Å²) in [6.45, 7) is 7.22. The molecule has 1 aromatic heterocycles. The van der Waals surface area contributed by atoms with Crippen LogP contribution in [0.3, 0.4) is 0 Å². The van der Waals surface area contributed by atoms with Crippen LogP contribution in [0.25, 0.3) is 11.4 Å². The Morgan fingerprint density at radius 3 is 2.65 bits per heavy atom. The lowest BCUT2D eigenvalue weighted by atomic mass is 10.1. The van der Waals surface area contributed by atoms with Crippen LogP contribution in [0.5, 0.6) is 0 Å². The number of anilines is 1. The number of rotatable bonds is 5. The molecule has 1 aromatic carbocycles. The molecule has 1 N–H and O–H groups in total. The van der Waals surface area contributed by atoms with E-state index in [1.807, 2.05) is 0 Å². The van der Waals surface area contributed by atoms with Crippen molar-refractivity contribution in [2.75, 3.05) is 11.9 Å². The molecule has 0 atom stereocenters. The first-order valence-corrected chi connectivity index (χ1v) is 8.10. The van der Waals surface area contributed by atoms with E-state index >= 15 is 0 Å². The summed E-state index contributed by atoms with van der Waals surface area (Å²) in [5.41, 5.74) is 3.44. The van der Waals surface area contributed by atoms with Crippen LogP contribution in [0.15, 0.2) is 24.3 Å². The van der Waals surface area contributed by atoms with Gasteiger partial charge in [-0.05, 0) is 48.9 Å². The van der Waals surface area contributed by atoms with E-state index in [-0.39, 0.29) is 0 Å². The van der Waals surface area contributed by atoms with E-state index in [2.05, 4.69) is 77.9 Å². The number of aromatic nitrogens is 2. The molecule has 0 fully saturated rings. The van der Waals surface area contributed by atoms with Crippen molar-refractivity contribution in [3.63, 3.8) is 0 Å². The number of benzene rings is 1. The van der Waals surface area contributed by atoms with Gasteiger partial charge in [0.2, 0.25) is 0 Å². The summed E-state index contributed by atoms with van der Waals surface area (Å²) in [5.74, 6) is 1.76. The van der Waals surface area contributed by atoms with E-state index in [1.165, 1.54) is 5.56 Å². The minimum Gasteiger partial charge on any atom is -0.369 e. The van der Waals surface area contributed by atoms with Gasteiger partial charge in [0.1, 0.15) is 5.82 Å². The fraction of sp³-hybridized carbons (Fsp3) is 0.375. The highest BCUT2D eigenvalue weighted by Crippen LogP contribution is 2.25. The summed E-state index contributed by atoms with van der Waals surface area (Å²) in [6, 6.07) is 8.35. The van der Waals surface area contributed by atoms with Crippen molar-refractivity contribution in [3.05, 3.63) is 39.1 Å². The Balaban J connectivity index is 2.52. The third-order valence-electron chi connectivity index (χ3n) is 3.03. The predicted octanol–water partition coefficient (Wildman–Crippen LogP) is 4.44. The first kappa shape index (κ1) is 15.2. The third-order valence-corrected chi connectivity index (χ3v) is 4.16. The topological polar surface area (TPSA) is 37.8 Å². The van der Waals surface area contributed by atoms with E-state index in [1.54, 1.807) is 0 Å². The standard InChI is InChI=1S/C16H20IN3/c1-4-7-13-14(17)16(18-5-2)20-15(19-13)12-9-6-8-11(3)10-12/h6,8-10H,4-5,7H2,1-3H3,(H,18,19,20). The molecule has 0 amide bonds. The summed E-state index contributed by atoms with van der Waals surface area (Å²) in [4.78, 5) is 9.44. The van der Waals surface area contributed by atoms with Crippen molar-refractivity contribution >= 4 is 28.4 Å². The van der Waals surface area contributed by atoms with Crippen LogP contribution in [0.2, 0.25) is 0 Å². The van der Waals surface area contributed by atoms with Crippen LogP contribution in [0, 0.1) is 10.5 Å². The summed E-state index contributed by atoms with van der Waals surface area (Å²) in [6.07, 6.45) is 2.07. The van der Waals surface area contributed by atoms with Crippen molar-refractivity contribution in [1.82, 2.24) is 9.97 Å². The van der Waals surface area contributed by atoms with Gasteiger partial charge >= 0.3 is 0 Å². The van der Waals surface area contributed by atoms with Gasteiger partial charge in [-0.2, -0.15) is 0 Å². The number of aryl methyl sites for hydroxylation is 2. The van der Waals surface area contributed by atoms with Gasteiger partial charge in [-0.25, -0.2) is 9.97 Å². The maximum absolute atomic E-state index is 4.76. The molecule has 4 heteroatoms. The summed E-state index contributed by atoms with van der Waals surface area (Å²) >= 11 is 2.34. The molecule has 106 valence electrons. The highest BCUT2D eigenvalue weighted by atomic mass is 127. The lowest BCUT2D eigenvalue weighted by molar-refractivity contribution is 0.867. The lowest BCUT2D eigenvalue weighted by Crippen LogP contribution is -2.08. The minimum atomic E-state index is 0.813. The molecule has 0 unspecified atom stereocenters. The smallest absolute Gasteiger partial charge is 0.161 e. The van der Waals surface area contributed by atoms with E-state index in [0.29, 0.717) is 0 Å². The van der Waals surface area contributed by atoms with Gasteiger partial charge in [-0.3, -0.25) is 0 Å². The second kappa shape index (κ2) is 7.02. The Bertz CT molecular complexity index is 569. The van der Waals surface area contributed by atoms with Gasteiger partial charge in [0, 0.05) is 12.1 Å². The Labute approximate surface area is 134 Å².